The third-order valence-corrected chi connectivity index (χ3v) is 9.57. The van der Waals surface area contributed by atoms with Gasteiger partial charge in [-0.1, -0.05) is 146 Å². The number of nitrogens with zero attached hydrogens (tertiary/aromatic N) is 1. The third kappa shape index (κ3) is 4.18. The fourth-order valence-electron chi connectivity index (χ4n) is 7.33. The molecule has 2 aromatic heterocycles. The van der Waals surface area contributed by atoms with Crippen molar-refractivity contribution < 1.29 is 8.83 Å². The standard InChI is InChI=1S/C43H29N3O2/c1-3-13-27(14-4-1)41-44-42(28-15-5-2-6-16-28)46-43(45-41)35-23-11-21-33-31-19-9-18-30(38(31)48-40(33)35)32-20-10-22-34-37-29-17-8-7-12-26(29)24-25-36(37)47-39(32)34/h1-25,41,43,45H,(H,44,46). The van der Waals surface area contributed by atoms with Crippen LogP contribution in [0, 0.1) is 0 Å². The summed E-state index contributed by atoms with van der Waals surface area (Å²) in [5.74, 6) is 0.839. The summed E-state index contributed by atoms with van der Waals surface area (Å²) in [5.41, 5.74) is 8.60. The molecule has 0 radical (unpaired) electrons. The van der Waals surface area contributed by atoms with Crippen LogP contribution in [-0.4, -0.2) is 5.84 Å². The van der Waals surface area contributed by atoms with E-state index < -0.39 is 0 Å². The molecule has 7 aromatic carbocycles. The quantitative estimate of drug-likeness (QED) is 0.206. The minimum Gasteiger partial charge on any atom is -0.455 e. The maximum absolute atomic E-state index is 6.94. The highest BCUT2D eigenvalue weighted by molar-refractivity contribution is 6.21. The van der Waals surface area contributed by atoms with Gasteiger partial charge in [-0.05, 0) is 22.4 Å². The van der Waals surface area contributed by atoms with Crippen molar-refractivity contribution in [3.8, 4) is 11.1 Å². The van der Waals surface area contributed by atoms with Crippen molar-refractivity contribution in [3.05, 3.63) is 168 Å². The number of rotatable bonds is 4. The summed E-state index contributed by atoms with van der Waals surface area (Å²) >= 11 is 0. The van der Waals surface area contributed by atoms with E-state index in [1.807, 2.05) is 24.3 Å². The number of hydrogen-bond donors (Lipinski definition) is 2. The molecular formula is C43H29N3O2. The minimum absolute atomic E-state index is 0.232. The van der Waals surface area contributed by atoms with Gasteiger partial charge in [0.2, 0.25) is 0 Å². The van der Waals surface area contributed by atoms with Crippen molar-refractivity contribution in [3.63, 3.8) is 0 Å². The zero-order valence-electron chi connectivity index (χ0n) is 25.9. The lowest BCUT2D eigenvalue weighted by molar-refractivity contribution is 0.408. The van der Waals surface area contributed by atoms with E-state index >= 15 is 0 Å². The highest BCUT2D eigenvalue weighted by Gasteiger charge is 2.28. The van der Waals surface area contributed by atoms with Crippen LogP contribution in [0.25, 0.3) is 65.8 Å². The molecule has 2 N–H and O–H groups in total. The minimum atomic E-state index is -0.247. The summed E-state index contributed by atoms with van der Waals surface area (Å²) < 4.78 is 13.6. The normalized spacial score (nSPS) is 16.5. The molecule has 5 heteroatoms. The first kappa shape index (κ1) is 27.0. The Morgan fingerprint density at radius 3 is 1.96 bits per heavy atom. The SMILES string of the molecule is c1ccc(C2=NC(c3ccccc3)NC(c3cccc4c3oc3c(-c5cccc6c5oc5ccc7ccccc7c56)cccc34)N2)cc1. The molecule has 0 spiro atoms. The summed E-state index contributed by atoms with van der Waals surface area (Å²) in [6, 6.07) is 52.5. The Kier molecular flexibility index (Phi) is 6.01. The number of fused-ring (bicyclic) bond motifs is 8. The maximum atomic E-state index is 6.94. The van der Waals surface area contributed by atoms with E-state index in [1.54, 1.807) is 0 Å². The topological polar surface area (TPSA) is 62.7 Å². The van der Waals surface area contributed by atoms with Gasteiger partial charge < -0.3 is 14.2 Å². The van der Waals surface area contributed by atoms with E-state index in [4.69, 9.17) is 13.8 Å². The second-order valence-electron chi connectivity index (χ2n) is 12.4. The van der Waals surface area contributed by atoms with Gasteiger partial charge in [-0.2, -0.15) is 0 Å². The molecule has 0 amide bonds. The molecule has 0 aliphatic carbocycles. The second-order valence-corrected chi connectivity index (χ2v) is 12.4. The molecule has 9 aromatic rings. The molecule has 228 valence electrons. The fraction of sp³-hybridized carbons (Fsp3) is 0.0465. The van der Waals surface area contributed by atoms with Crippen LogP contribution in [0.2, 0.25) is 0 Å². The van der Waals surface area contributed by atoms with Gasteiger partial charge in [0.25, 0.3) is 0 Å². The van der Waals surface area contributed by atoms with Crippen molar-refractivity contribution in [2.45, 2.75) is 12.3 Å². The molecule has 5 nitrogen and oxygen atoms in total. The van der Waals surface area contributed by atoms with Gasteiger partial charge >= 0.3 is 0 Å². The highest BCUT2D eigenvalue weighted by Crippen LogP contribution is 2.43. The Bertz CT molecular complexity index is 2690. The zero-order valence-corrected chi connectivity index (χ0v) is 25.9. The van der Waals surface area contributed by atoms with Crippen molar-refractivity contribution in [2.24, 2.45) is 4.99 Å². The Labute approximate surface area is 276 Å². The smallest absolute Gasteiger partial charge is 0.143 e. The van der Waals surface area contributed by atoms with Crippen molar-refractivity contribution >= 4 is 60.5 Å². The van der Waals surface area contributed by atoms with E-state index in [0.717, 1.165) is 77.5 Å². The van der Waals surface area contributed by atoms with Crippen LogP contribution < -0.4 is 10.6 Å². The molecule has 10 rings (SSSR count). The van der Waals surface area contributed by atoms with Gasteiger partial charge in [-0.3, -0.25) is 5.32 Å². The van der Waals surface area contributed by atoms with Gasteiger partial charge in [0.1, 0.15) is 40.5 Å². The lowest BCUT2D eigenvalue weighted by atomic mass is 9.98. The molecule has 2 unspecified atom stereocenters. The third-order valence-electron chi connectivity index (χ3n) is 9.57. The van der Waals surface area contributed by atoms with Crippen LogP contribution in [0.3, 0.4) is 0 Å². The first-order valence-electron chi connectivity index (χ1n) is 16.3. The zero-order chi connectivity index (χ0) is 31.6. The van der Waals surface area contributed by atoms with Crippen LogP contribution >= 0.6 is 0 Å². The summed E-state index contributed by atoms with van der Waals surface area (Å²) in [5, 5.41) is 14.2. The summed E-state index contributed by atoms with van der Waals surface area (Å²) in [4.78, 5) is 5.09. The summed E-state index contributed by atoms with van der Waals surface area (Å²) in [6.45, 7) is 0. The first-order chi connectivity index (χ1) is 23.8. The molecule has 1 aliphatic heterocycles. The maximum Gasteiger partial charge on any atom is 0.143 e. The fourth-order valence-corrected chi connectivity index (χ4v) is 7.33. The summed E-state index contributed by atoms with van der Waals surface area (Å²) in [6.07, 6.45) is -0.479. The van der Waals surface area contributed by atoms with Crippen LogP contribution in [0.15, 0.2) is 165 Å². The number of nitrogens with one attached hydrogen (secondary N) is 2. The molecule has 0 saturated carbocycles. The number of para-hydroxylation sites is 3. The van der Waals surface area contributed by atoms with E-state index in [9.17, 15) is 0 Å². The van der Waals surface area contributed by atoms with E-state index in [2.05, 4.69) is 138 Å². The van der Waals surface area contributed by atoms with Gasteiger partial charge in [0.15, 0.2) is 0 Å². The number of hydrogen-bond acceptors (Lipinski definition) is 5. The number of amidine groups is 1. The number of furan rings is 2. The molecule has 2 atom stereocenters. The molecule has 0 bridgehead atoms. The van der Waals surface area contributed by atoms with Crippen LogP contribution in [0.1, 0.15) is 29.0 Å². The molecule has 3 heterocycles. The highest BCUT2D eigenvalue weighted by atomic mass is 16.3. The van der Waals surface area contributed by atoms with Crippen LogP contribution in [-0.2, 0) is 0 Å². The average Bonchev–Trinajstić information content (AvgIpc) is 3.74. The second kappa shape index (κ2) is 10.7. The number of benzene rings is 7. The van der Waals surface area contributed by atoms with E-state index in [0.29, 0.717) is 0 Å². The monoisotopic (exact) mass is 619 g/mol. The molecular weight excluding hydrogens is 590 g/mol. The van der Waals surface area contributed by atoms with Crippen molar-refractivity contribution in [1.29, 1.82) is 0 Å². The lowest BCUT2D eigenvalue weighted by Crippen LogP contribution is -2.45. The number of aliphatic imine (C=N–C) groups is 1. The molecule has 1 aliphatic rings. The molecule has 0 saturated heterocycles. The van der Waals surface area contributed by atoms with Gasteiger partial charge in [-0.25, -0.2) is 4.99 Å². The van der Waals surface area contributed by atoms with Gasteiger partial charge in [0, 0.05) is 43.8 Å². The van der Waals surface area contributed by atoms with Crippen molar-refractivity contribution in [2.75, 3.05) is 0 Å². The van der Waals surface area contributed by atoms with Crippen molar-refractivity contribution in [1.82, 2.24) is 10.6 Å². The van der Waals surface area contributed by atoms with Gasteiger partial charge in [-0.15, -0.1) is 0 Å². The summed E-state index contributed by atoms with van der Waals surface area (Å²) in [7, 11) is 0. The van der Waals surface area contributed by atoms with Crippen LogP contribution in [0.5, 0.6) is 0 Å². The average molecular weight is 620 g/mol. The Hall–Kier alpha value is -6.17. The predicted octanol–water partition coefficient (Wildman–Crippen LogP) is 10.6. The predicted molar refractivity (Wildman–Crippen MR) is 195 cm³/mol. The largest absolute Gasteiger partial charge is 0.455 e. The Morgan fingerprint density at radius 1 is 0.500 bits per heavy atom. The van der Waals surface area contributed by atoms with Crippen LogP contribution in [0.4, 0.5) is 0 Å². The molecule has 48 heavy (non-hydrogen) atoms. The molecule has 0 fully saturated rings. The Balaban J connectivity index is 1.14. The Morgan fingerprint density at radius 2 is 1.15 bits per heavy atom. The lowest BCUT2D eigenvalue weighted by Gasteiger charge is -2.32. The van der Waals surface area contributed by atoms with E-state index in [-0.39, 0.29) is 12.3 Å². The van der Waals surface area contributed by atoms with E-state index in [1.165, 1.54) is 10.8 Å². The first-order valence-corrected chi connectivity index (χ1v) is 16.3. The van der Waals surface area contributed by atoms with Gasteiger partial charge in [0.05, 0.1) is 0 Å².